The first-order valence-electron chi connectivity index (χ1n) is 7.88. The van der Waals surface area contributed by atoms with Crippen molar-refractivity contribution in [3.63, 3.8) is 0 Å². The van der Waals surface area contributed by atoms with Gasteiger partial charge in [0, 0.05) is 11.6 Å². The Labute approximate surface area is 147 Å². The molecule has 2 N–H and O–H groups in total. The zero-order chi connectivity index (χ0) is 18.6. The SMILES string of the molecule is CC(C)NS(=O)(=O)c1cccc(C(=O)NC(C)c2ccc(F)cc2)c1. The Morgan fingerprint density at radius 3 is 2.28 bits per heavy atom. The standard InChI is InChI=1S/C18H21FN2O3S/c1-12(2)21-25(23,24)17-6-4-5-15(11-17)18(22)20-13(3)14-7-9-16(19)10-8-14/h4-13,21H,1-3H3,(H,20,22). The summed E-state index contributed by atoms with van der Waals surface area (Å²) in [6, 6.07) is 11.1. The summed E-state index contributed by atoms with van der Waals surface area (Å²) in [5, 5.41) is 2.77. The number of carbonyl (C=O) groups is 1. The van der Waals surface area contributed by atoms with E-state index in [4.69, 9.17) is 0 Å². The highest BCUT2D eigenvalue weighted by atomic mass is 32.2. The molecule has 0 spiro atoms. The number of amides is 1. The largest absolute Gasteiger partial charge is 0.346 e. The van der Waals surface area contributed by atoms with Gasteiger partial charge in [0.1, 0.15) is 5.82 Å². The Morgan fingerprint density at radius 2 is 1.68 bits per heavy atom. The summed E-state index contributed by atoms with van der Waals surface area (Å²) in [6.45, 7) is 5.21. The average Bonchev–Trinajstić information content (AvgIpc) is 2.54. The number of rotatable bonds is 6. The van der Waals surface area contributed by atoms with E-state index >= 15 is 0 Å². The first kappa shape index (κ1) is 19.1. The van der Waals surface area contributed by atoms with Gasteiger partial charge in [0.25, 0.3) is 5.91 Å². The van der Waals surface area contributed by atoms with E-state index in [1.54, 1.807) is 39.0 Å². The molecule has 2 aromatic rings. The molecule has 1 amide bonds. The second kappa shape index (κ2) is 7.76. The van der Waals surface area contributed by atoms with Crippen molar-refractivity contribution in [1.82, 2.24) is 10.0 Å². The van der Waals surface area contributed by atoms with Crippen LogP contribution in [-0.2, 0) is 10.0 Å². The van der Waals surface area contributed by atoms with Crippen LogP contribution in [0.15, 0.2) is 53.4 Å². The van der Waals surface area contributed by atoms with Crippen LogP contribution in [0.5, 0.6) is 0 Å². The number of halogens is 1. The van der Waals surface area contributed by atoms with E-state index in [1.165, 1.54) is 30.3 Å². The molecule has 134 valence electrons. The van der Waals surface area contributed by atoms with Crippen molar-refractivity contribution in [3.8, 4) is 0 Å². The minimum absolute atomic E-state index is 0.0308. The Balaban J connectivity index is 2.17. The minimum Gasteiger partial charge on any atom is -0.346 e. The van der Waals surface area contributed by atoms with E-state index in [9.17, 15) is 17.6 Å². The number of hydrogen-bond donors (Lipinski definition) is 2. The summed E-state index contributed by atoms with van der Waals surface area (Å²) in [6.07, 6.45) is 0. The van der Waals surface area contributed by atoms with Gasteiger partial charge < -0.3 is 5.32 Å². The molecule has 0 aliphatic heterocycles. The lowest BCUT2D eigenvalue weighted by Crippen LogP contribution is -2.31. The van der Waals surface area contributed by atoms with Gasteiger partial charge in [-0.1, -0.05) is 18.2 Å². The fraction of sp³-hybridized carbons (Fsp3) is 0.278. The third-order valence-corrected chi connectivity index (χ3v) is 5.17. The molecule has 0 aliphatic carbocycles. The summed E-state index contributed by atoms with van der Waals surface area (Å²) in [4.78, 5) is 12.4. The first-order valence-corrected chi connectivity index (χ1v) is 9.36. The highest BCUT2D eigenvalue weighted by Crippen LogP contribution is 2.16. The third kappa shape index (κ3) is 5.11. The quantitative estimate of drug-likeness (QED) is 0.827. The van der Waals surface area contributed by atoms with E-state index in [2.05, 4.69) is 10.0 Å². The van der Waals surface area contributed by atoms with Crippen LogP contribution in [0.4, 0.5) is 4.39 Å². The maximum Gasteiger partial charge on any atom is 0.251 e. The number of nitrogens with one attached hydrogen (secondary N) is 2. The first-order chi connectivity index (χ1) is 11.7. The monoisotopic (exact) mass is 364 g/mol. The Bertz CT molecular complexity index is 849. The van der Waals surface area contributed by atoms with Crippen LogP contribution in [0, 0.1) is 5.82 Å². The fourth-order valence-electron chi connectivity index (χ4n) is 2.30. The van der Waals surface area contributed by atoms with Crippen molar-refractivity contribution >= 4 is 15.9 Å². The summed E-state index contributed by atoms with van der Waals surface area (Å²) in [5.74, 6) is -0.753. The Morgan fingerprint density at radius 1 is 1.04 bits per heavy atom. The highest BCUT2D eigenvalue weighted by Gasteiger charge is 2.18. The summed E-state index contributed by atoms with van der Waals surface area (Å²) in [5.41, 5.74) is 0.987. The molecule has 1 unspecified atom stereocenters. The van der Waals surface area contributed by atoms with Gasteiger partial charge in [-0.2, -0.15) is 0 Å². The van der Waals surface area contributed by atoms with Gasteiger partial charge >= 0.3 is 0 Å². The van der Waals surface area contributed by atoms with Gasteiger partial charge in [0.15, 0.2) is 0 Å². The molecular formula is C18H21FN2O3S. The molecule has 0 bridgehead atoms. The van der Waals surface area contributed by atoms with E-state index in [0.29, 0.717) is 0 Å². The molecule has 2 rings (SSSR count). The van der Waals surface area contributed by atoms with E-state index in [-0.39, 0.29) is 28.4 Å². The minimum atomic E-state index is -3.67. The van der Waals surface area contributed by atoms with E-state index < -0.39 is 15.9 Å². The van der Waals surface area contributed by atoms with Crippen LogP contribution >= 0.6 is 0 Å². The molecule has 0 heterocycles. The highest BCUT2D eigenvalue weighted by molar-refractivity contribution is 7.89. The number of benzene rings is 2. The lowest BCUT2D eigenvalue weighted by Gasteiger charge is -2.15. The van der Waals surface area contributed by atoms with Gasteiger partial charge in [-0.3, -0.25) is 4.79 Å². The molecule has 0 saturated carbocycles. The number of hydrogen-bond acceptors (Lipinski definition) is 3. The van der Waals surface area contributed by atoms with Gasteiger partial charge in [-0.05, 0) is 56.7 Å². The van der Waals surface area contributed by atoms with E-state index in [1.807, 2.05) is 0 Å². The van der Waals surface area contributed by atoms with Crippen LogP contribution in [-0.4, -0.2) is 20.4 Å². The molecule has 0 fully saturated rings. The van der Waals surface area contributed by atoms with Crippen molar-refractivity contribution in [2.75, 3.05) is 0 Å². The second-order valence-electron chi connectivity index (χ2n) is 6.05. The molecule has 0 saturated heterocycles. The maximum absolute atomic E-state index is 13.0. The Kier molecular flexibility index (Phi) is 5.92. The second-order valence-corrected chi connectivity index (χ2v) is 7.76. The predicted octanol–water partition coefficient (Wildman–Crippen LogP) is 3.00. The van der Waals surface area contributed by atoms with Crippen molar-refractivity contribution in [2.24, 2.45) is 0 Å². The van der Waals surface area contributed by atoms with Gasteiger partial charge in [0.05, 0.1) is 10.9 Å². The normalized spacial score (nSPS) is 12.8. The smallest absolute Gasteiger partial charge is 0.251 e. The van der Waals surface area contributed by atoms with Crippen LogP contribution in [0.1, 0.15) is 42.7 Å². The molecule has 2 aromatic carbocycles. The lowest BCUT2D eigenvalue weighted by molar-refractivity contribution is 0.0939. The molecule has 0 radical (unpaired) electrons. The van der Waals surface area contributed by atoms with Gasteiger partial charge in [-0.15, -0.1) is 0 Å². The van der Waals surface area contributed by atoms with Crippen LogP contribution in [0.3, 0.4) is 0 Å². The Hall–Kier alpha value is -2.25. The molecule has 7 heteroatoms. The average molecular weight is 364 g/mol. The molecule has 25 heavy (non-hydrogen) atoms. The van der Waals surface area contributed by atoms with Crippen molar-refractivity contribution in [2.45, 2.75) is 37.8 Å². The van der Waals surface area contributed by atoms with Crippen molar-refractivity contribution < 1.29 is 17.6 Å². The molecule has 1 atom stereocenters. The summed E-state index contributed by atoms with van der Waals surface area (Å²) in [7, 11) is -3.67. The number of sulfonamides is 1. The summed E-state index contributed by atoms with van der Waals surface area (Å²) < 4.78 is 39.9. The molecular weight excluding hydrogens is 343 g/mol. The zero-order valence-corrected chi connectivity index (χ0v) is 15.1. The molecule has 5 nitrogen and oxygen atoms in total. The van der Waals surface area contributed by atoms with Crippen molar-refractivity contribution in [3.05, 3.63) is 65.5 Å². The third-order valence-electron chi connectivity index (χ3n) is 3.51. The molecule has 0 aliphatic rings. The fourth-order valence-corrected chi connectivity index (χ4v) is 3.59. The van der Waals surface area contributed by atoms with E-state index in [0.717, 1.165) is 5.56 Å². The van der Waals surface area contributed by atoms with Crippen LogP contribution in [0.25, 0.3) is 0 Å². The topological polar surface area (TPSA) is 75.3 Å². The van der Waals surface area contributed by atoms with Crippen LogP contribution in [0.2, 0.25) is 0 Å². The maximum atomic E-state index is 13.0. The zero-order valence-electron chi connectivity index (χ0n) is 14.3. The van der Waals surface area contributed by atoms with Gasteiger partial charge in [-0.25, -0.2) is 17.5 Å². The van der Waals surface area contributed by atoms with Crippen molar-refractivity contribution in [1.29, 1.82) is 0 Å². The lowest BCUT2D eigenvalue weighted by atomic mass is 10.1. The van der Waals surface area contributed by atoms with Crippen LogP contribution < -0.4 is 10.0 Å². The van der Waals surface area contributed by atoms with Gasteiger partial charge in [0.2, 0.25) is 10.0 Å². The number of carbonyl (C=O) groups excluding carboxylic acids is 1. The molecule has 0 aromatic heterocycles. The predicted molar refractivity (Wildman–Crippen MR) is 94.2 cm³/mol. The summed E-state index contributed by atoms with van der Waals surface area (Å²) >= 11 is 0.